The number of rotatable bonds is 8. The number of aromatic nitrogens is 2. The molecule has 3 N–H and O–H groups in total. The van der Waals surface area contributed by atoms with Gasteiger partial charge in [-0.05, 0) is 65.6 Å². The Morgan fingerprint density at radius 1 is 1.41 bits per heavy atom. The highest BCUT2D eigenvalue weighted by Gasteiger charge is 2.17. The fourth-order valence-electron chi connectivity index (χ4n) is 2.24. The number of hydrogen-bond donors (Lipinski definition) is 3. The first-order valence-corrected chi connectivity index (χ1v) is 10.5. The van der Waals surface area contributed by atoms with E-state index in [2.05, 4.69) is 40.3 Å². The van der Waals surface area contributed by atoms with Crippen molar-refractivity contribution in [3.8, 4) is 0 Å². The van der Waals surface area contributed by atoms with Crippen molar-refractivity contribution in [3.63, 3.8) is 0 Å². The van der Waals surface area contributed by atoms with Gasteiger partial charge in [0.05, 0.1) is 10.2 Å². The Hall–Kier alpha value is -1.89. The van der Waals surface area contributed by atoms with Crippen LogP contribution in [0.4, 0.5) is 10.1 Å². The van der Waals surface area contributed by atoms with Crippen molar-refractivity contribution in [2.75, 3.05) is 19.8 Å². The number of hydroxylamine groups is 1. The van der Waals surface area contributed by atoms with E-state index in [1.165, 1.54) is 25.2 Å². The standard InChI is InChI=1S/C15H20BrFN6O3S/c1-18-27(25,19-2)8-4-3-5-13-14(23-26-22-13)15(21-24)20-10-6-7-12(17)11(16)9-10/h6-7,9,24H,3-5,8H2,1-2H3,(H,20,21)(H,18,19,25). The zero-order chi connectivity index (χ0) is 19.9. The van der Waals surface area contributed by atoms with Crippen molar-refractivity contribution in [2.45, 2.75) is 19.3 Å². The first-order valence-electron chi connectivity index (χ1n) is 7.99. The highest BCUT2D eigenvalue weighted by atomic mass is 79.9. The molecule has 1 aromatic carbocycles. The van der Waals surface area contributed by atoms with E-state index < -0.39 is 15.7 Å². The van der Waals surface area contributed by atoms with Gasteiger partial charge in [-0.2, -0.15) is 0 Å². The Balaban J connectivity index is 2.10. The smallest absolute Gasteiger partial charge is 0.181 e. The van der Waals surface area contributed by atoms with Gasteiger partial charge in [-0.3, -0.25) is 10.7 Å². The lowest BCUT2D eigenvalue weighted by Gasteiger charge is -2.07. The number of aryl methyl sites for hydroxylation is 1. The van der Waals surface area contributed by atoms with E-state index in [0.29, 0.717) is 36.4 Å². The molecule has 2 aromatic rings. The number of nitrogens with zero attached hydrogens (tertiary/aromatic N) is 4. The monoisotopic (exact) mass is 462 g/mol. The van der Waals surface area contributed by atoms with Crippen LogP contribution in [0.1, 0.15) is 24.2 Å². The van der Waals surface area contributed by atoms with Crippen molar-refractivity contribution < 1.29 is 18.4 Å². The van der Waals surface area contributed by atoms with Gasteiger partial charge in [0.25, 0.3) is 0 Å². The summed E-state index contributed by atoms with van der Waals surface area (Å²) in [5, 5.41) is 17.0. The lowest BCUT2D eigenvalue weighted by atomic mass is 10.1. The zero-order valence-electron chi connectivity index (χ0n) is 14.8. The van der Waals surface area contributed by atoms with Gasteiger partial charge in [0, 0.05) is 12.8 Å². The molecule has 0 aliphatic carbocycles. The molecule has 27 heavy (non-hydrogen) atoms. The Morgan fingerprint density at radius 2 is 2.19 bits per heavy atom. The number of amidine groups is 1. The molecular weight excluding hydrogens is 443 g/mol. The second kappa shape index (κ2) is 9.88. The van der Waals surface area contributed by atoms with Gasteiger partial charge in [0.1, 0.15) is 21.4 Å². The molecule has 0 bridgehead atoms. The first-order chi connectivity index (χ1) is 12.9. The third kappa shape index (κ3) is 5.79. The van der Waals surface area contributed by atoms with Gasteiger partial charge in [-0.15, -0.1) is 0 Å². The van der Waals surface area contributed by atoms with Crippen LogP contribution in [0.25, 0.3) is 0 Å². The quantitative estimate of drug-likeness (QED) is 0.239. The van der Waals surface area contributed by atoms with Crippen LogP contribution in [-0.4, -0.2) is 45.4 Å². The summed E-state index contributed by atoms with van der Waals surface area (Å²) in [5.74, 6) is 0.00390. The molecule has 12 heteroatoms. The predicted molar refractivity (Wildman–Crippen MR) is 103 cm³/mol. The molecule has 148 valence electrons. The second-order valence-corrected chi connectivity index (χ2v) is 8.74. The van der Waals surface area contributed by atoms with E-state index in [0.717, 1.165) is 0 Å². The molecule has 1 unspecified atom stereocenters. The third-order valence-corrected chi connectivity index (χ3v) is 6.41. The molecule has 0 spiro atoms. The number of unbranched alkanes of at least 4 members (excludes halogenated alkanes) is 1. The van der Waals surface area contributed by atoms with Gasteiger partial charge in [-0.25, -0.2) is 27.3 Å². The van der Waals surface area contributed by atoms with Crippen molar-refractivity contribution >= 4 is 37.4 Å². The Bertz CT molecular complexity index is 926. The minimum atomic E-state index is -2.38. The lowest BCUT2D eigenvalue weighted by Crippen LogP contribution is -2.22. The maximum atomic E-state index is 13.3. The summed E-state index contributed by atoms with van der Waals surface area (Å²) in [6, 6.07) is 4.16. The van der Waals surface area contributed by atoms with Crippen LogP contribution in [0.15, 0.2) is 36.7 Å². The van der Waals surface area contributed by atoms with E-state index in [-0.39, 0.29) is 16.0 Å². The van der Waals surface area contributed by atoms with Crippen LogP contribution in [0.5, 0.6) is 0 Å². The zero-order valence-corrected chi connectivity index (χ0v) is 17.2. The molecule has 0 amide bonds. The molecule has 0 aliphatic heterocycles. The molecule has 2 rings (SSSR count). The molecule has 9 nitrogen and oxygen atoms in total. The largest absolute Gasteiger partial charge is 0.290 e. The molecule has 1 heterocycles. The van der Waals surface area contributed by atoms with Gasteiger partial charge in [-0.1, -0.05) is 5.16 Å². The number of aliphatic imine (C=N–C) groups is 1. The highest BCUT2D eigenvalue weighted by molar-refractivity contribution is 9.10. The van der Waals surface area contributed by atoms with Crippen LogP contribution >= 0.6 is 15.9 Å². The Morgan fingerprint density at radius 3 is 2.81 bits per heavy atom. The van der Waals surface area contributed by atoms with Gasteiger partial charge in [0.15, 0.2) is 11.5 Å². The van der Waals surface area contributed by atoms with Crippen molar-refractivity contribution in [1.29, 1.82) is 0 Å². The Labute approximate surface area is 164 Å². The van der Waals surface area contributed by atoms with Crippen LogP contribution in [0.3, 0.4) is 0 Å². The van der Waals surface area contributed by atoms with E-state index >= 15 is 0 Å². The van der Waals surface area contributed by atoms with E-state index in [1.807, 2.05) is 5.48 Å². The van der Waals surface area contributed by atoms with Crippen molar-refractivity contribution in [2.24, 2.45) is 9.36 Å². The molecule has 1 atom stereocenters. The van der Waals surface area contributed by atoms with Gasteiger partial charge >= 0.3 is 0 Å². The van der Waals surface area contributed by atoms with Crippen LogP contribution < -0.4 is 10.2 Å². The molecule has 0 radical (unpaired) electrons. The minimum absolute atomic E-state index is 0.0207. The average Bonchev–Trinajstić information content (AvgIpc) is 3.14. The first kappa shape index (κ1) is 21.4. The maximum Gasteiger partial charge on any atom is 0.181 e. The third-order valence-electron chi connectivity index (χ3n) is 3.73. The molecule has 0 fully saturated rings. The summed E-state index contributed by atoms with van der Waals surface area (Å²) in [4.78, 5) is 4.20. The summed E-state index contributed by atoms with van der Waals surface area (Å²) < 4.78 is 37.1. The number of benzene rings is 1. The lowest BCUT2D eigenvalue weighted by molar-refractivity contribution is 0.234. The van der Waals surface area contributed by atoms with Crippen molar-refractivity contribution in [3.05, 3.63) is 39.9 Å². The topological polar surface area (TPSA) is 125 Å². The van der Waals surface area contributed by atoms with Gasteiger partial charge in [0.2, 0.25) is 0 Å². The molecule has 0 saturated heterocycles. The SMILES string of the molecule is CN=S(=O)(CCCCc1nonc1C(=Nc1ccc(F)c(Br)c1)NO)NC. The molecule has 0 aliphatic rings. The highest BCUT2D eigenvalue weighted by Crippen LogP contribution is 2.23. The number of halogens is 2. The molecule has 1 aromatic heterocycles. The summed E-state index contributed by atoms with van der Waals surface area (Å²) in [7, 11) is 0.744. The number of nitrogens with one attached hydrogen (secondary N) is 2. The fourth-order valence-corrected chi connectivity index (χ4v) is 3.77. The number of hydrogen-bond acceptors (Lipinski definition) is 7. The summed E-state index contributed by atoms with van der Waals surface area (Å²) in [6.07, 6.45) is 1.79. The summed E-state index contributed by atoms with van der Waals surface area (Å²) in [5.41, 5.74) is 3.09. The van der Waals surface area contributed by atoms with Crippen LogP contribution in [0.2, 0.25) is 0 Å². The summed E-state index contributed by atoms with van der Waals surface area (Å²) in [6.45, 7) is 0. The van der Waals surface area contributed by atoms with E-state index in [1.54, 1.807) is 7.05 Å². The maximum absolute atomic E-state index is 13.3. The van der Waals surface area contributed by atoms with Crippen molar-refractivity contribution in [1.82, 2.24) is 20.5 Å². The molecule has 0 saturated carbocycles. The molecular formula is C15H20BrFN6O3S. The van der Waals surface area contributed by atoms with E-state index in [9.17, 15) is 13.8 Å². The van der Waals surface area contributed by atoms with Crippen LogP contribution in [-0.2, 0) is 16.3 Å². The van der Waals surface area contributed by atoms with E-state index in [4.69, 9.17) is 4.63 Å². The average molecular weight is 463 g/mol. The van der Waals surface area contributed by atoms with Crippen LogP contribution in [0, 0.1) is 5.82 Å². The van der Waals surface area contributed by atoms with Gasteiger partial charge < -0.3 is 0 Å². The normalized spacial score (nSPS) is 14.0. The second-order valence-electron chi connectivity index (χ2n) is 5.42. The fraction of sp³-hybridized carbons (Fsp3) is 0.400. The minimum Gasteiger partial charge on any atom is -0.290 e. The Kier molecular flexibility index (Phi) is 7.83. The predicted octanol–water partition coefficient (Wildman–Crippen LogP) is 2.58. The summed E-state index contributed by atoms with van der Waals surface area (Å²) >= 11 is 3.08.